The Morgan fingerprint density at radius 2 is 1.82 bits per heavy atom. The maximum absolute atomic E-state index is 12.8. The van der Waals surface area contributed by atoms with Crippen molar-refractivity contribution >= 4 is 50.7 Å². The molecule has 0 radical (unpaired) electrons. The van der Waals surface area contributed by atoms with Gasteiger partial charge >= 0.3 is 6.09 Å². The first kappa shape index (κ1) is 24.3. The molecular formula is C23H28N4O5S. The van der Waals surface area contributed by atoms with Crippen LogP contribution in [0.4, 0.5) is 16.2 Å². The number of thiophene rings is 1. The molecule has 0 saturated heterocycles. The van der Waals surface area contributed by atoms with Gasteiger partial charge in [0.25, 0.3) is 11.8 Å². The van der Waals surface area contributed by atoms with Crippen LogP contribution in [0, 0.1) is 0 Å². The van der Waals surface area contributed by atoms with Gasteiger partial charge in [-0.1, -0.05) is 0 Å². The van der Waals surface area contributed by atoms with Gasteiger partial charge in [-0.2, -0.15) is 0 Å². The number of aliphatic hydroxyl groups is 1. The molecule has 0 spiro atoms. The van der Waals surface area contributed by atoms with Crippen LogP contribution in [0.15, 0.2) is 36.5 Å². The van der Waals surface area contributed by atoms with Gasteiger partial charge in [0.2, 0.25) is 0 Å². The minimum Gasteiger partial charge on any atom is -0.444 e. The van der Waals surface area contributed by atoms with Crippen LogP contribution in [0.3, 0.4) is 0 Å². The standard InChI is InChI=1S/C23H28N4O5S/c1-23(2,3)32-22(31)26-16-12-17(27(4)13-16)20(29)25-15-6-7-18-14(10-15)11-19(33-18)21(30)24-8-5-9-28/h6-7,10-13,28H,5,8-9H2,1-4H3,(H,24,30)(H,25,29)(H,26,31). The van der Waals surface area contributed by atoms with Crippen molar-refractivity contribution < 1.29 is 24.2 Å². The van der Waals surface area contributed by atoms with Crippen molar-refractivity contribution in [2.24, 2.45) is 7.05 Å². The zero-order valence-corrected chi connectivity index (χ0v) is 19.8. The summed E-state index contributed by atoms with van der Waals surface area (Å²) >= 11 is 1.36. The SMILES string of the molecule is Cn1cc(NC(=O)OC(C)(C)C)cc1C(=O)Nc1ccc2sc(C(=O)NCCCO)cc2c1. The maximum Gasteiger partial charge on any atom is 0.412 e. The highest BCUT2D eigenvalue weighted by Gasteiger charge is 2.19. The lowest BCUT2D eigenvalue weighted by atomic mass is 10.2. The van der Waals surface area contributed by atoms with Gasteiger partial charge in [-0.15, -0.1) is 11.3 Å². The van der Waals surface area contributed by atoms with Gasteiger partial charge in [0.1, 0.15) is 11.3 Å². The number of nitrogens with zero attached hydrogens (tertiary/aromatic N) is 1. The third-order valence-corrected chi connectivity index (χ3v) is 5.62. The number of aromatic nitrogens is 1. The Morgan fingerprint density at radius 1 is 1.06 bits per heavy atom. The lowest BCUT2D eigenvalue weighted by molar-refractivity contribution is 0.0635. The number of aliphatic hydroxyl groups excluding tert-OH is 1. The first-order valence-corrected chi connectivity index (χ1v) is 11.3. The summed E-state index contributed by atoms with van der Waals surface area (Å²) in [5.74, 6) is -0.532. The number of anilines is 2. The summed E-state index contributed by atoms with van der Waals surface area (Å²) in [6.45, 7) is 5.75. The molecule has 0 aliphatic rings. The van der Waals surface area contributed by atoms with Crippen LogP contribution in [0.1, 0.15) is 47.4 Å². The maximum atomic E-state index is 12.8. The van der Waals surface area contributed by atoms with Gasteiger partial charge in [0.05, 0.1) is 10.6 Å². The highest BCUT2D eigenvalue weighted by Crippen LogP contribution is 2.28. The van der Waals surface area contributed by atoms with Crippen molar-refractivity contribution in [2.45, 2.75) is 32.8 Å². The molecule has 0 aliphatic carbocycles. The Labute approximate surface area is 195 Å². The topological polar surface area (TPSA) is 122 Å². The summed E-state index contributed by atoms with van der Waals surface area (Å²) in [5.41, 5.74) is 0.761. The molecule has 0 saturated carbocycles. The number of benzene rings is 1. The van der Waals surface area contributed by atoms with Gasteiger partial charge in [-0.25, -0.2) is 4.79 Å². The number of carbonyl (C=O) groups is 3. The van der Waals surface area contributed by atoms with E-state index in [2.05, 4.69) is 16.0 Å². The van der Waals surface area contributed by atoms with Crippen molar-refractivity contribution in [2.75, 3.05) is 23.8 Å². The summed E-state index contributed by atoms with van der Waals surface area (Å²) in [6, 6.07) is 8.76. The highest BCUT2D eigenvalue weighted by molar-refractivity contribution is 7.20. The Kier molecular flexibility index (Phi) is 7.39. The van der Waals surface area contributed by atoms with Crippen molar-refractivity contribution in [1.82, 2.24) is 9.88 Å². The predicted octanol–water partition coefficient (Wildman–Crippen LogP) is 3.95. The van der Waals surface area contributed by atoms with Crippen molar-refractivity contribution in [3.63, 3.8) is 0 Å². The van der Waals surface area contributed by atoms with Gasteiger partial charge in [0.15, 0.2) is 0 Å². The van der Waals surface area contributed by atoms with E-state index in [0.717, 1.165) is 10.1 Å². The van der Waals surface area contributed by atoms with Crippen molar-refractivity contribution in [3.8, 4) is 0 Å². The third-order valence-electron chi connectivity index (χ3n) is 4.50. The molecule has 3 amide bonds. The molecule has 2 aromatic heterocycles. The monoisotopic (exact) mass is 472 g/mol. The van der Waals surface area contributed by atoms with Crippen molar-refractivity contribution in [3.05, 3.63) is 47.1 Å². The Morgan fingerprint density at radius 3 is 2.52 bits per heavy atom. The number of carbonyl (C=O) groups excluding carboxylic acids is 3. The van der Waals surface area contributed by atoms with E-state index in [1.54, 1.807) is 62.8 Å². The Bertz CT molecular complexity index is 1180. The molecule has 9 nitrogen and oxygen atoms in total. The first-order valence-electron chi connectivity index (χ1n) is 10.5. The molecule has 33 heavy (non-hydrogen) atoms. The van der Waals surface area contributed by atoms with Crippen LogP contribution in [0.25, 0.3) is 10.1 Å². The molecule has 3 aromatic rings. The van der Waals surface area contributed by atoms with Crippen LogP contribution in [-0.4, -0.2) is 46.3 Å². The van der Waals surface area contributed by atoms with Crippen molar-refractivity contribution in [1.29, 1.82) is 0 Å². The molecule has 1 aromatic carbocycles. The second-order valence-electron chi connectivity index (χ2n) is 8.50. The zero-order chi connectivity index (χ0) is 24.2. The van der Waals surface area contributed by atoms with E-state index in [-0.39, 0.29) is 18.4 Å². The minimum atomic E-state index is -0.626. The number of hydrogen-bond acceptors (Lipinski definition) is 6. The molecule has 3 rings (SSSR count). The van der Waals surface area contributed by atoms with Gasteiger partial charge in [-0.05, 0) is 62.9 Å². The molecule has 10 heteroatoms. The second kappa shape index (κ2) is 10.1. The van der Waals surface area contributed by atoms with Crippen LogP contribution in [0.2, 0.25) is 0 Å². The fourth-order valence-corrected chi connectivity index (χ4v) is 4.04. The number of rotatable bonds is 7. The number of ether oxygens (including phenoxy) is 1. The Balaban J connectivity index is 1.68. The summed E-state index contributed by atoms with van der Waals surface area (Å²) in [6.07, 6.45) is 1.53. The van der Waals surface area contributed by atoms with E-state index in [9.17, 15) is 14.4 Å². The average molecular weight is 473 g/mol. The van der Waals surface area contributed by atoms with E-state index in [4.69, 9.17) is 9.84 Å². The number of hydrogen-bond donors (Lipinski definition) is 4. The molecule has 4 N–H and O–H groups in total. The molecular weight excluding hydrogens is 444 g/mol. The molecule has 0 unspecified atom stereocenters. The second-order valence-corrected chi connectivity index (χ2v) is 9.59. The van der Waals surface area contributed by atoms with E-state index in [1.165, 1.54) is 11.3 Å². The predicted molar refractivity (Wildman–Crippen MR) is 129 cm³/mol. The summed E-state index contributed by atoms with van der Waals surface area (Å²) in [5, 5.41) is 17.9. The molecule has 2 heterocycles. The quantitative estimate of drug-likeness (QED) is 0.388. The summed E-state index contributed by atoms with van der Waals surface area (Å²) < 4.78 is 7.77. The lowest BCUT2D eigenvalue weighted by Gasteiger charge is -2.19. The number of nitrogens with one attached hydrogen (secondary N) is 3. The van der Waals surface area contributed by atoms with E-state index < -0.39 is 11.7 Å². The van der Waals surface area contributed by atoms with Gasteiger partial charge in [0, 0.05) is 36.8 Å². The molecule has 176 valence electrons. The normalized spacial score (nSPS) is 11.3. The van der Waals surface area contributed by atoms with Crippen LogP contribution < -0.4 is 16.0 Å². The third kappa shape index (κ3) is 6.56. The van der Waals surface area contributed by atoms with E-state index >= 15 is 0 Å². The summed E-state index contributed by atoms with van der Waals surface area (Å²) in [4.78, 5) is 37.6. The van der Waals surface area contributed by atoms with Crippen LogP contribution >= 0.6 is 11.3 Å². The fourth-order valence-electron chi connectivity index (χ4n) is 3.08. The van der Waals surface area contributed by atoms with Gasteiger partial charge in [-0.3, -0.25) is 14.9 Å². The molecule has 0 fully saturated rings. The first-order chi connectivity index (χ1) is 15.6. The van der Waals surface area contributed by atoms with E-state index in [1.807, 2.05) is 6.07 Å². The lowest BCUT2D eigenvalue weighted by Crippen LogP contribution is -2.27. The smallest absolute Gasteiger partial charge is 0.412 e. The van der Waals surface area contributed by atoms with Gasteiger partial charge < -0.3 is 25.0 Å². The average Bonchev–Trinajstić information content (AvgIpc) is 3.29. The Hall–Kier alpha value is -3.37. The molecule has 0 aliphatic heterocycles. The minimum absolute atomic E-state index is 0.0233. The summed E-state index contributed by atoms with van der Waals surface area (Å²) in [7, 11) is 1.71. The largest absolute Gasteiger partial charge is 0.444 e. The number of aryl methyl sites for hydroxylation is 1. The van der Waals surface area contributed by atoms with Crippen LogP contribution in [-0.2, 0) is 11.8 Å². The fraction of sp³-hybridized carbons (Fsp3) is 0.348. The number of fused-ring (bicyclic) bond motifs is 1. The van der Waals surface area contributed by atoms with E-state index in [0.29, 0.717) is 34.9 Å². The zero-order valence-electron chi connectivity index (χ0n) is 19.0. The molecule has 0 bridgehead atoms. The number of amides is 3. The van der Waals surface area contributed by atoms with Crippen LogP contribution in [0.5, 0.6) is 0 Å². The highest BCUT2D eigenvalue weighted by atomic mass is 32.1. The molecule has 0 atom stereocenters.